The molecule has 0 saturated carbocycles. The summed E-state index contributed by atoms with van der Waals surface area (Å²) in [6, 6.07) is 3.88. The zero-order chi connectivity index (χ0) is 9.73. The molecule has 0 saturated heterocycles. The first-order valence-electron chi connectivity index (χ1n) is 4.45. The molecule has 4 heteroatoms. The lowest BCUT2D eigenvalue weighted by molar-refractivity contribution is 0.588. The molecule has 0 amide bonds. The summed E-state index contributed by atoms with van der Waals surface area (Å²) in [6.45, 7) is 2.47. The fourth-order valence-corrected chi connectivity index (χ4v) is 1.99. The zero-order valence-electron chi connectivity index (χ0n) is 7.81. The Kier molecular flexibility index (Phi) is 3.54. The van der Waals surface area contributed by atoms with Crippen LogP contribution in [0.15, 0.2) is 24.5 Å². The quantitative estimate of drug-likeness (QED) is 0.720. The van der Waals surface area contributed by atoms with Gasteiger partial charge in [0.25, 0.3) is 0 Å². The second-order valence-corrected chi connectivity index (χ2v) is 5.48. The van der Waals surface area contributed by atoms with Gasteiger partial charge in [-0.1, -0.05) is 6.92 Å². The van der Waals surface area contributed by atoms with E-state index in [1.807, 2.05) is 29.1 Å². The summed E-state index contributed by atoms with van der Waals surface area (Å²) in [4.78, 5) is 0. The molecule has 0 aliphatic heterocycles. The highest BCUT2D eigenvalue weighted by Gasteiger charge is 2.05. The zero-order valence-corrected chi connectivity index (χ0v) is 8.63. The predicted molar refractivity (Wildman–Crippen MR) is 53.4 cm³/mol. The van der Waals surface area contributed by atoms with Crippen LogP contribution in [0, 0.1) is 0 Å². The molecule has 0 atom stereocenters. The van der Waals surface area contributed by atoms with Crippen molar-refractivity contribution >= 4 is 9.84 Å². The van der Waals surface area contributed by atoms with Gasteiger partial charge in [-0.25, -0.2) is 8.42 Å². The molecule has 0 bridgehead atoms. The highest BCUT2D eigenvalue weighted by atomic mass is 32.2. The second-order valence-electron chi connectivity index (χ2n) is 3.01. The minimum atomic E-state index is -2.79. The normalized spacial score (nSPS) is 11.8. The van der Waals surface area contributed by atoms with E-state index in [1.165, 1.54) is 0 Å². The SMILES string of the molecule is CCS(=O)(=O)CCCn1cccc1. The molecule has 1 rings (SSSR count). The van der Waals surface area contributed by atoms with Crippen molar-refractivity contribution in [1.29, 1.82) is 0 Å². The van der Waals surface area contributed by atoms with Crippen LogP contribution in [0.3, 0.4) is 0 Å². The van der Waals surface area contributed by atoms with Gasteiger partial charge < -0.3 is 4.57 Å². The van der Waals surface area contributed by atoms with Crippen LogP contribution < -0.4 is 0 Å². The first-order chi connectivity index (χ1) is 6.14. The van der Waals surface area contributed by atoms with E-state index in [4.69, 9.17) is 0 Å². The van der Waals surface area contributed by atoms with E-state index >= 15 is 0 Å². The predicted octanol–water partition coefficient (Wildman–Crippen LogP) is 1.31. The Labute approximate surface area is 79.3 Å². The summed E-state index contributed by atoms with van der Waals surface area (Å²) in [5.41, 5.74) is 0. The lowest BCUT2D eigenvalue weighted by atomic mass is 10.5. The summed E-state index contributed by atoms with van der Waals surface area (Å²) in [7, 11) is -2.79. The van der Waals surface area contributed by atoms with E-state index in [-0.39, 0.29) is 5.75 Å². The molecule has 0 unspecified atom stereocenters. The molecular weight excluding hydrogens is 186 g/mol. The number of aromatic nitrogens is 1. The maximum absolute atomic E-state index is 11.1. The molecule has 0 aliphatic rings. The number of nitrogens with zero attached hydrogens (tertiary/aromatic N) is 1. The van der Waals surface area contributed by atoms with Gasteiger partial charge in [0, 0.05) is 24.7 Å². The van der Waals surface area contributed by atoms with Gasteiger partial charge in [0.15, 0.2) is 0 Å². The summed E-state index contributed by atoms with van der Waals surface area (Å²) in [5.74, 6) is 0.542. The third-order valence-corrected chi connectivity index (χ3v) is 3.77. The molecule has 0 aliphatic carbocycles. The third kappa shape index (κ3) is 3.63. The average Bonchev–Trinajstić information content (AvgIpc) is 2.57. The topological polar surface area (TPSA) is 39.1 Å². The largest absolute Gasteiger partial charge is 0.354 e. The van der Waals surface area contributed by atoms with E-state index in [0.717, 1.165) is 6.54 Å². The molecule has 74 valence electrons. The molecule has 1 heterocycles. The van der Waals surface area contributed by atoms with Crippen molar-refractivity contribution in [2.45, 2.75) is 19.9 Å². The van der Waals surface area contributed by atoms with Crippen LogP contribution in [0.5, 0.6) is 0 Å². The molecule has 0 spiro atoms. The van der Waals surface area contributed by atoms with Gasteiger partial charge in [0.1, 0.15) is 9.84 Å². The molecular formula is C9H15NO2S. The maximum atomic E-state index is 11.1. The van der Waals surface area contributed by atoms with E-state index in [0.29, 0.717) is 12.2 Å². The number of sulfone groups is 1. The minimum absolute atomic E-state index is 0.249. The summed E-state index contributed by atoms with van der Waals surface area (Å²) in [6.07, 6.45) is 4.59. The van der Waals surface area contributed by atoms with Gasteiger partial charge in [-0.2, -0.15) is 0 Å². The molecule has 1 aromatic rings. The summed E-state index contributed by atoms with van der Waals surface area (Å²) >= 11 is 0. The average molecular weight is 201 g/mol. The maximum Gasteiger partial charge on any atom is 0.150 e. The van der Waals surface area contributed by atoms with E-state index in [9.17, 15) is 8.42 Å². The highest BCUT2D eigenvalue weighted by molar-refractivity contribution is 7.91. The van der Waals surface area contributed by atoms with Crippen molar-refractivity contribution in [2.75, 3.05) is 11.5 Å². The van der Waals surface area contributed by atoms with Gasteiger partial charge in [-0.05, 0) is 18.6 Å². The highest BCUT2D eigenvalue weighted by Crippen LogP contribution is 1.97. The van der Waals surface area contributed by atoms with Crippen LogP contribution in [0.25, 0.3) is 0 Å². The van der Waals surface area contributed by atoms with Crippen molar-refractivity contribution in [3.8, 4) is 0 Å². The van der Waals surface area contributed by atoms with Crippen LogP contribution in [0.1, 0.15) is 13.3 Å². The Balaban J connectivity index is 2.30. The van der Waals surface area contributed by atoms with Crippen LogP contribution in [0.2, 0.25) is 0 Å². The number of rotatable bonds is 5. The lowest BCUT2D eigenvalue weighted by Crippen LogP contribution is -2.10. The van der Waals surface area contributed by atoms with Crippen LogP contribution in [0.4, 0.5) is 0 Å². The van der Waals surface area contributed by atoms with Gasteiger partial charge in [0.05, 0.1) is 5.75 Å². The second kappa shape index (κ2) is 4.46. The van der Waals surface area contributed by atoms with Crippen LogP contribution >= 0.6 is 0 Å². The molecule has 0 radical (unpaired) electrons. The Morgan fingerprint density at radius 1 is 1.23 bits per heavy atom. The number of hydrogen-bond donors (Lipinski definition) is 0. The molecule has 1 aromatic heterocycles. The van der Waals surface area contributed by atoms with Gasteiger partial charge >= 0.3 is 0 Å². The van der Waals surface area contributed by atoms with Gasteiger partial charge in [-0.3, -0.25) is 0 Å². The number of hydrogen-bond acceptors (Lipinski definition) is 2. The van der Waals surface area contributed by atoms with Crippen molar-refractivity contribution in [2.24, 2.45) is 0 Å². The minimum Gasteiger partial charge on any atom is -0.354 e. The van der Waals surface area contributed by atoms with Crippen molar-refractivity contribution in [1.82, 2.24) is 4.57 Å². The summed E-state index contributed by atoms with van der Waals surface area (Å²) in [5, 5.41) is 0. The monoisotopic (exact) mass is 201 g/mol. The van der Waals surface area contributed by atoms with E-state index in [1.54, 1.807) is 6.92 Å². The molecule has 13 heavy (non-hydrogen) atoms. The Morgan fingerprint density at radius 2 is 1.85 bits per heavy atom. The van der Waals surface area contributed by atoms with Gasteiger partial charge in [-0.15, -0.1) is 0 Å². The Morgan fingerprint density at radius 3 is 2.38 bits per heavy atom. The molecule has 0 fully saturated rings. The smallest absolute Gasteiger partial charge is 0.150 e. The summed E-state index contributed by atoms with van der Waals surface area (Å²) < 4.78 is 24.2. The Bertz CT molecular complexity index is 327. The van der Waals surface area contributed by atoms with Crippen LogP contribution in [-0.2, 0) is 16.4 Å². The van der Waals surface area contributed by atoms with E-state index < -0.39 is 9.84 Å². The number of aryl methyl sites for hydroxylation is 1. The standard InChI is InChI=1S/C9H15NO2S/c1-2-13(11,12)9-5-8-10-6-3-4-7-10/h3-4,6-7H,2,5,8-9H2,1H3. The van der Waals surface area contributed by atoms with Crippen molar-refractivity contribution in [3.63, 3.8) is 0 Å². The first-order valence-corrected chi connectivity index (χ1v) is 6.27. The molecule has 0 N–H and O–H groups in total. The Hall–Kier alpha value is -0.770. The molecule has 3 nitrogen and oxygen atoms in total. The molecule has 0 aromatic carbocycles. The fraction of sp³-hybridized carbons (Fsp3) is 0.556. The lowest BCUT2D eigenvalue weighted by Gasteiger charge is -2.02. The van der Waals surface area contributed by atoms with E-state index in [2.05, 4.69) is 0 Å². The van der Waals surface area contributed by atoms with Crippen LogP contribution in [-0.4, -0.2) is 24.5 Å². The third-order valence-electron chi connectivity index (χ3n) is 1.98. The van der Waals surface area contributed by atoms with Crippen molar-refractivity contribution in [3.05, 3.63) is 24.5 Å². The first kappa shape index (κ1) is 10.3. The fourth-order valence-electron chi connectivity index (χ4n) is 1.13. The van der Waals surface area contributed by atoms with Crippen molar-refractivity contribution < 1.29 is 8.42 Å². The van der Waals surface area contributed by atoms with Gasteiger partial charge in [0.2, 0.25) is 0 Å².